The minimum Gasteiger partial charge on any atom is -0.391 e. The third-order valence-corrected chi connectivity index (χ3v) is 4.54. The molecule has 2 atom stereocenters. The molecule has 1 saturated carbocycles. The van der Waals surface area contributed by atoms with E-state index in [9.17, 15) is 5.11 Å². The van der Waals surface area contributed by atoms with Gasteiger partial charge in [0.05, 0.1) is 17.8 Å². The molecule has 94 valence electrons. The fraction of sp³-hybridized carbons (Fsp3) is 0.500. The number of hydrogen-bond donors (Lipinski definition) is 2. The first-order valence-electron chi connectivity index (χ1n) is 5.67. The van der Waals surface area contributed by atoms with Crippen molar-refractivity contribution in [3.05, 3.63) is 26.1 Å². The first kappa shape index (κ1) is 13.7. The van der Waals surface area contributed by atoms with Gasteiger partial charge in [-0.25, -0.2) is 0 Å². The molecule has 1 aliphatic carbocycles. The van der Waals surface area contributed by atoms with Crippen molar-refractivity contribution in [3.8, 4) is 0 Å². The summed E-state index contributed by atoms with van der Waals surface area (Å²) in [5.74, 6) is 0. The summed E-state index contributed by atoms with van der Waals surface area (Å²) in [4.78, 5) is 0. The van der Waals surface area contributed by atoms with Crippen LogP contribution in [0.3, 0.4) is 0 Å². The number of halogens is 3. The van der Waals surface area contributed by atoms with Crippen molar-refractivity contribution in [1.29, 1.82) is 0 Å². The molecular formula is C12H14Br2ClNO. The first-order valence-corrected chi connectivity index (χ1v) is 7.63. The van der Waals surface area contributed by atoms with Crippen LogP contribution in [0.2, 0.25) is 5.02 Å². The van der Waals surface area contributed by atoms with E-state index in [1.807, 2.05) is 12.1 Å². The maximum atomic E-state index is 9.95. The summed E-state index contributed by atoms with van der Waals surface area (Å²) in [7, 11) is 0. The number of benzene rings is 1. The molecule has 0 aromatic heterocycles. The largest absolute Gasteiger partial charge is 0.391 e. The van der Waals surface area contributed by atoms with Crippen molar-refractivity contribution >= 4 is 49.1 Å². The maximum Gasteiger partial charge on any atom is 0.0741 e. The molecule has 2 rings (SSSR count). The highest BCUT2D eigenvalue weighted by atomic mass is 79.9. The Morgan fingerprint density at radius 3 is 2.35 bits per heavy atom. The van der Waals surface area contributed by atoms with E-state index in [0.29, 0.717) is 5.02 Å². The molecule has 17 heavy (non-hydrogen) atoms. The van der Waals surface area contributed by atoms with E-state index in [1.165, 1.54) is 0 Å². The maximum absolute atomic E-state index is 9.95. The van der Waals surface area contributed by atoms with Crippen LogP contribution in [-0.4, -0.2) is 17.3 Å². The minimum absolute atomic E-state index is 0.123. The summed E-state index contributed by atoms with van der Waals surface area (Å²) in [5, 5.41) is 14.0. The molecule has 0 spiro atoms. The zero-order valence-corrected chi connectivity index (χ0v) is 13.1. The highest BCUT2D eigenvalue weighted by Crippen LogP contribution is 2.36. The van der Waals surface area contributed by atoms with Crippen molar-refractivity contribution in [2.24, 2.45) is 0 Å². The Kier molecular flexibility index (Phi) is 4.75. The summed E-state index contributed by atoms with van der Waals surface area (Å²) in [6.45, 7) is 0. The number of anilines is 1. The van der Waals surface area contributed by atoms with Gasteiger partial charge in [0.2, 0.25) is 0 Å². The minimum atomic E-state index is -0.266. The van der Waals surface area contributed by atoms with Gasteiger partial charge in [0.1, 0.15) is 0 Å². The van der Waals surface area contributed by atoms with Crippen molar-refractivity contribution in [2.75, 3.05) is 5.32 Å². The molecule has 0 heterocycles. The number of rotatable bonds is 2. The molecule has 0 bridgehead atoms. The standard InChI is InChI=1S/C12H14Br2ClNO/c13-8-5-7(15)6-9(14)12(8)16-10-3-1-2-4-11(10)17/h5-6,10-11,16-17H,1-4H2/t10-,11-/m1/s1. The number of hydrogen-bond acceptors (Lipinski definition) is 2. The Morgan fingerprint density at radius 1 is 1.18 bits per heavy atom. The molecule has 2 N–H and O–H groups in total. The lowest BCUT2D eigenvalue weighted by Crippen LogP contribution is -2.36. The van der Waals surface area contributed by atoms with Crippen molar-refractivity contribution in [1.82, 2.24) is 0 Å². The summed E-state index contributed by atoms with van der Waals surface area (Å²) in [5.41, 5.74) is 0.959. The van der Waals surface area contributed by atoms with Crippen molar-refractivity contribution in [3.63, 3.8) is 0 Å². The Balaban J connectivity index is 2.17. The van der Waals surface area contributed by atoms with Crippen LogP contribution in [0.1, 0.15) is 25.7 Å². The monoisotopic (exact) mass is 381 g/mol. The van der Waals surface area contributed by atoms with E-state index in [0.717, 1.165) is 40.3 Å². The molecule has 0 saturated heterocycles. The molecule has 1 aromatic rings. The predicted octanol–water partition coefficient (Wildman–Crippen LogP) is 4.58. The lowest BCUT2D eigenvalue weighted by Gasteiger charge is -2.30. The molecule has 5 heteroatoms. The fourth-order valence-corrected chi connectivity index (χ4v) is 4.04. The van der Waals surface area contributed by atoms with Gasteiger partial charge in [-0.15, -0.1) is 0 Å². The quantitative estimate of drug-likeness (QED) is 0.783. The molecule has 2 nitrogen and oxygen atoms in total. The molecule has 0 unspecified atom stereocenters. The highest BCUT2D eigenvalue weighted by molar-refractivity contribution is 9.11. The topological polar surface area (TPSA) is 32.3 Å². The van der Waals surface area contributed by atoms with E-state index in [4.69, 9.17) is 11.6 Å². The van der Waals surface area contributed by atoms with Gasteiger partial charge < -0.3 is 10.4 Å². The summed E-state index contributed by atoms with van der Waals surface area (Å²) in [6, 6.07) is 3.82. The fourth-order valence-electron chi connectivity index (χ4n) is 2.15. The smallest absolute Gasteiger partial charge is 0.0741 e. The van der Waals surface area contributed by atoms with Gasteiger partial charge in [-0.05, 0) is 56.8 Å². The molecule has 0 radical (unpaired) electrons. The van der Waals surface area contributed by atoms with Crippen LogP contribution in [0.5, 0.6) is 0 Å². The molecule has 1 aromatic carbocycles. The third-order valence-electron chi connectivity index (χ3n) is 3.07. The summed E-state index contributed by atoms with van der Waals surface area (Å²) < 4.78 is 1.82. The van der Waals surface area contributed by atoms with Crippen molar-refractivity contribution < 1.29 is 5.11 Å². The average molecular weight is 384 g/mol. The predicted molar refractivity (Wildman–Crippen MR) is 78.7 cm³/mol. The average Bonchev–Trinajstić information content (AvgIpc) is 2.25. The SMILES string of the molecule is O[C@@H]1CCCC[C@H]1Nc1c(Br)cc(Cl)cc1Br. The van der Waals surface area contributed by atoms with Gasteiger partial charge in [-0.2, -0.15) is 0 Å². The molecular weight excluding hydrogens is 369 g/mol. The molecule has 0 aliphatic heterocycles. The van der Waals surface area contributed by atoms with E-state index in [-0.39, 0.29) is 12.1 Å². The van der Waals surface area contributed by atoms with Gasteiger partial charge in [-0.3, -0.25) is 0 Å². The number of aliphatic hydroxyl groups is 1. The molecule has 1 fully saturated rings. The van der Waals surface area contributed by atoms with E-state index < -0.39 is 0 Å². The molecule has 0 amide bonds. The Hall–Kier alpha value is 0.230. The van der Waals surface area contributed by atoms with Gasteiger partial charge in [0.25, 0.3) is 0 Å². The molecule has 1 aliphatic rings. The Labute approximate surface area is 123 Å². The van der Waals surface area contributed by atoms with Crippen LogP contribution in [0, 0.1) is 0 Å². The van der Waals surface area contributed by atoms with Gasteiger partial charge in [0.15, 0.2) is 0 Å². The van der Waals surface area contributed by atoms with Crippen LogP contribution in [0.4, 0.5) is 5.69 Å². The van der Waals surface area contributed by atoms with Crippen LogP contribution in [0.15, 0.2) is 21.1 Å². The van der Waals surface area contributed by atoms with E-state index in [2.05, 4.69) is 37.2 Å². The second-order valence-corrected chi connectivity index (χ2v) is 6.49. The number of nitrogens with one attached hydrogen (secondary N) is 1. The lowest BCUT2D eigenvalue weighted by atomic mass is 9.92. The third kappa shape index (κ3) is 3.37. The van der Waals surface area contributed by atoms with Gasteiger partial charge in [0, 0.05) is 14.0 Å². The van der Waals surface area contributed by atoms with Crippen LogP contribution >= 0.6 is 43.5 Å². The van der Waals surface area contributed by atoms with Crippen LogP contribution < -0.4 is 5.32 Å². The zero-order valence-electron chi connectivity index (χ0n) is 9.22. The van der Waals surface area contributed by atoms with Crippen molar-refractivity contribution in [2.45, 2.75) is 37.8 Å². The van der Waals surface area contributed by atoms with Gasteiger partial charge >= 0.3 is 0 Å². The van der Waals surface area contributed by atoms with E-state index in [1.54, 1.807) is 0 Å². The van der Waals surface area contributed by atoms with Gasteiger partial charge in [-0.1, -0.05) is 24.4 Å². The zero-order chi connectivity index (χ0) is 12.4. The highest BCUT2D eigenvalue weighted by Gasteiger charge is 2.24. The Bertz CT molecular complexity index is 390. The second kappa shape index (κ2) is 5.91. The van der Waals surface area contributed by atoms with Crippen LogP contribution in [-0.2, 0) is 0 Å². The lowest BCUT2D eigenvalue weighted by molar-refractivity contribution is 0.116. The number of aliphatic hydroxyl groups excluding tert-OH is 1. The normalized spacial score (nSPS) is 24.7. The summed E-state index contributed by atoms with van der Waals surface area (Å²) >= 11 is 12.9. The first-order chi connectivity index (χ1) is 8.08. The second-order valence-electron chi connectivity index (χ2n) is 4.35. The van der Waals surface area contributed by atoms with Crippen LogP contribution in [0.25, 0.3) is 0 Å². The summed E-state index contributed by atoms with van der Waals surface area (Å²) in [6.07, 6.45) is 3.89. The van der Waals surface area contributed by atoms with E-state index >= 15 is 0 Å². The Morgan fingerprint density at radius 2 is 1.76 bits per heavy atom.